The van der Waals surface area contributed by atoms with Gasteiger partial charge in [-0.2, -0.15) is 0 Å². The summed E-state index contributed by atoms with van der Waals surface area (Å²) in [6.45, 7) is 5.65. The van der Waals surface area contributed by atoms with Crippen molar-refractivity contribution in [3.8, 4) is 0 Å². The van der Waals surface area contributed by atoms with Crippen LogP contribution in [-0.4, -0.2) is 39.3 Å². The Balaban J connectivity index is 2.06. The molecule has 0 unspecified atom stereocenters. The minimum Gasteiger partial charge on any atom is -0.385 e. The van der Waals surface area contributed by atoms with Gasteiger partial charge < -0.3 is 15.4 Å². The number of guanidine groups is 1. The Labute approximate surface area is 105 Å². The van der Waals surface area contributed by atoms with Crippen molar-refractivity contribution < 1.29 is 4.74 Å². The standard InChI is InChI=1S/C13H27N3O/c1-3-14-13(16-10-5-11-17-2)15-9-4-6-12-7-8-12/h12H,3-11H2,1-2H3,(H2,14,15,16). The Kier molecular flexibility index (Phi) is 7.80. The van der Waals surface area contributed by atoms with E-state index in [4.69, 9.17) is 4.74 Å². The van der Waals surface area contributed by atoms with Crippen molar-refractivity contribution in [2.24, 2.45) is 10.9 Å². The molecule has 4 nitrogen and oxygen atoms in total. The highest BCUT2D eigenvalue weighted by Crippen LogP contribution is 2.33. The number of aliphatic imine (C=N–C) groups is 1. The molecule has 0 spiro atoms. The monoisotopic (exact) mass is 241 g/mol. The Hall–Kier alpha value is -0.770. The van der Waals surface area contributed by atoms with E-state index in [2.05, 4.69) is 22.5 Å². The van der Waals surface area contributed by atoms with Crippen LogP contribution in [-0.2, 0) is 4.74 Å². The summed E-state index contributed by atoms with van der Waals surface area (Å²) in [6.07, 6.45) is 6.51. The third-order valence-corrected chi connectivity index (χ3v) is 2.90. The molecule has 0 aromatic rings. The van der Waals surface area contributed by atoms with Crippen molar-refractivity contribution in [1.82, 2.24) is 10.6 Å². The normalized spacial score (nSPS) is 16.0. The molecule has 1 rings (SSSR count). The van der Waals surface area contributed by atoms with Crippen LogP contribution in [0.25, 0.3) is 0 Å². The molecular formula is C13H27N3O. The summed E-state index contributed by atoms with van der Waals surface area (Å²) in [6, 6.07) is 0. The Morgan fingerprint density at radius 2 is 2.12 bits per heavy atom. The summed E-state index contributed by atoms with van der Waals surface area (Å²) in [4.78, 5) is 4.50. The van der Waals surface area contributed by atoms with Gasteiger partial charge in [0.1, 0.15) is 0 Å². The van der Waals surface area contributed by atoms with Gasteiger partial charge in [-0.25, -0.2) is 0 Å². The highest BCUT2D eigenvalue weighted by molar-refractivity contribution is 5.79. The highest BCUT2D eigenvalue weighted by Gasteiger charge is 2.19. The van der Waals surface area contributed by atoms with Crippen molar-refractivity contribution >= 4 is 5.96 Å². The van der Waals surface area contributed by atoms with Crippen LogP contribution < -0.4 is 10.6 Å². The summed E-state index contributed by atoms with van der Waals surface area (Å²) < 4.78 is 5.01. The quantitative estimate of drug-likeness (QED) is 0.367. The van der Waals surface area contributed by atoms with Crippen LogP contribution in [0.5, 0.6) is 0 Å². The molecule has 0 aromatic carbocycles. The third-order valence-electron chi connectivity index (χ3n) is 2.90. The summed E-state index contributed by atoms with van der Waals surface area (Å²) in [5, 5.41) is 6.64. The number of rotatable bonds is 9. The zero-order chi connectivity index (χ0) is 12.3. The topological polar surface area (TPSA) is 45.7 Å². The number of ether oxygens (including phenoxy) is 1. The highest BCUT2D eigenvalue weighted by atomic mass is 16.5. The lowest BCUT2D eigenvalue weighted by Crippen LogP contribution is -2.37. The van der Waals surface area contributed by atoms with Gasteiger partial charge in [0.15, 0.2) is 5.96 Å². The fraction of sp³-hybridized carbons (Fsp3) is 0.923. The number of nitrogens with zero attached hydrogens (tertiary/aromatic N) is 1. The van der Waals surface area contributed by atoms with E-state index in [0.29, 0.717) is 0 Å². The van der Waals surface area contributed by atoms with Crippen LogP contribution in [0.2, 0.25) is 0 Å². The van der Waals surface area contributed by atoms with Gasteiger partial charge in [-0.3, -0.25) is 4.99 Å². The summed E-state index contributed by atoms with van der Waals surface area (Å²) in [5.74, 6) is 1.97. The van der Waals surface area contributed by atoms with Crippen molar-refractivity contribution in [2.45, 2.75) is 39.0 Å². The van der Waals surface area contributed by atoms with Gasteiger partial charge >= 0.3 is 0 Å². The largest absolute Gasteiger partial charge is 0.385 e. The van der Waals surface area contributed by atoms with Crippen LogP contribution in [0, 0.1) is 5.92 Å². The predicted octanol–water partition coefficient (Wildman–Crippen LogP) is 1.77. The fourth-order valence-corrected chi connectivity index (χ4v) is 1.75. The molecule has 0 radical (unpaired) electrons. The van der Waals surface area contributed by atoms with Crippen LogP contribution in [0.4, 0.5) is 0 Å². The van der Waals surface area contributed by atoms with E-state index in [1.807, 2.05) is 0 Å². The molecule has 100 valence electrons. The molecule has 0 saturated heterocycles. The van der Waals surface area contributed by atoms with Crippen molar-refractivity contribution in [1.29, 1.82) is 0 Å². The molecule has 1 aliphatic carbocycles. The molecule has 0 bridgehead atoms. The fourth-order valence-electron chi connectivity index (χ4n) is 1.75. The Morgan fingerprint density at radius 3 is 2.76 bits per heavy atom. The molecule has 1 aliphatic rings. The Morgan fingerprint density at radius 1 is 1.29 bits per heavy atom. The zero-order valence-electron chi connectivity index (χ0n) is 11.3. The second kappa shape index (κ2) is 9.28. The molecule has 0 heterocycles. The summed E-state index contributed by atoms with van der Waals surface area (Å²) in [5.41, 5.74) is 0. The van der Waals surface area contributed by atoms with E-state index >= 15 is 0 Å². The average molecular weight is 241 g/mol. The molecule has 1 saturated carbocycles. The van der Waals surface area contributed by atoms with Crippen LogP contribution in [0.1, 0.15) is 39.0 Å². The molecule has 1 fully saturated rings. The van der Waals surface area contributed by atoms with E-state index in [1.165, 1.54) is 25.7 Å². The van der Waals surface area contributed by atoms with Crippen molar-refractivity contribution in [2.75, 3.05) is 33.4 Å². The van der Waals surface area contributed by atoms with E-state index < -0.39 is 0 Å². The van der Waals surface area contributed by atoms with Gasteiger partial charge in [-0.1, -0.05) is 12.8 Å². The molecule has 0 aliphatic heterocycles. The van der Waals surface area contributed by atoms with Gasteiger partial charge in [0.05, 0.1) is 0 Å². The number of hydrogen-bond acceptors (Lipinski definition) is 2. The zero-order valence-corrected chi connectivity index (χ0v) is 11.3. The average Bonchev–Trinajstić information content (AvgIpc) is 3.14. The lowest BCUT2D eigenvalue weighted by molar-refractivity contribution is 0.197. The molecular weight excluding hydrogens is 214 g/mol. The van der Waals surface area contributed by atoms with Gasteiger partial charge in [0, 0.05) is 33.4 Å². The predicted molar refractivity (Wildman–Crippen MR) is 72.4 cm³/mol. The molecule has 2 N–H and O–H groups in total. The second-order valence-electron chi connectivity index (χ2n) is 4.62. The number of hydrogen-bond donors (Lipinski definition) is 2. The first-order valence-electron chi connectivity index (χ1n) is 6.88. The molecule has 0 atom stereocenters. The first-order chi connectivity index (χ1) is 8.36. The van der Waals surface area contributed by atoms with Crippen molar-refractivity contribution in [3.05, 3.63) is 0 Å². The summed E-state index contributed by atoms with van der Waals surface area (Å²) >= 11 is 0. The maximum atomic E-state index is 5.01. The maximum absolute atomic E-state index is 5.01. The molecule has 0 amide bonds. The van der Waals surface area contributed by atoms with Crippen molar-refractivity contribution in [3.63, 3.8) is 0 Å². The maximum Gasteiger partial charge on any atom is 0.191 e. The van der Waals surface area contributed by atoms with E-state index in [0.717, 1.165) is 44.5 Å². The Bertz CT molecular complexity index is 215. The van der Waals surface area contributed by atoms with E-state index in [1.54, 1.807) is 7.11 Å². The molecule has 0 aromatic heterocycles. The van der Waals surface area contributed by atoms with Crippen LogP contribution >= 0.6 is 0 Å². The first-order valence-corrected chi connectivity index (χ1v) is 6.88. The lowest BCUT2D eigenvalue weighted by atomic mass is 10.2. The van der Waals surface area contributed by atoms with Gasteiger partial charge in [-0.05, 0) is 32.1 Å². The first kappa shape index (κ1) is 14.3. The van der Waals surface area contributed by atoms with Crippen LogP contribution in [0.3, 0.4) is 0 Å². The van der Waals surface area contributed by atoms with E-state index in [-0.39, 0.29) is 0 Å². The lowest BCUT2D eigenvalue weighted by Gasteiger charge is -2.10. The molecule has 17 heavy (non-hydrogen) atoms. The van der Waals surface area contributed by atoms with Gasteiger partial charge in [-0.15, -0.1) is 0 Å². The summed E-state index contributed by atoms with van der Waals surface area (Å²) in [7, 11) is 1.73. The van der Waals surface area contributed by atoms with Gasteiger partial charge in [0.2, 0.25) is 0 Å². The van der Waals surface area contributed by atoms with Crippen LogP contribution in [0.15, 0.2) is 4.99 Å². The molecule has 4 heteroatoms. The van der Waals surface area contributed by atoms with E-state index in [9.17, 15) is 0 Å². The minimum atomic E-state index is 0.782. The smallest absolute Gasteiger partial charge is 0.191 e. The third kappa shape index (κ3) is 8.02. The minimum absolute atomic E-state index is 0.782. The second-order valence-corrected chi connectivity index (χ2v) is 4.62. The van der Waals surface area contributed by atoms with Gasteiger partial charge in [0.25, 0.3) is 0 Å². The number of nitrogens with one attached hydrogen (secondary N) is 2. The SMILES string of the molecule is CCNC(=NCCCOC)NCCCC1CC1. The number of methoxy groups -OCH3 is 1.